The predicted molar refractivity (Wildman–Crippen MR) is 106 cm³/mol. The number of hydrogen-bond acceptors (Lipinski definition) is 6. The number of carbonyl (C=O) groups is 1. The number of alkyl halides is 3. The van der Waals surface area contributed by atoms with Gasteiger partial charge in [-0.25, -0.2) is 9.97 Å². The molecule has 1 amide bonds. The molecule has 1 unspecified atom stereocenters. The van der Waals surface area contributed by atoms with Crippen LogP contribution >= 0.6 is 0 Å². The Bertz CT molecular complexity index is 1090. The lowest BCUT2D eigenvalue weighted by atomic mass is 10.1. The molecule has 8 nitrogen and oxygen atoms in total. The van der Waals surface area contributed by atoms with E-state index in [4.69, 9.17) is 0 Å². The van der Waals surface area contributed by atoms with Crippen LogP contribution in [0.3, 0.4) is 0 Å². The maximum absolute atomic E-state index is 12.5. The third-order valence-electron chi connectivity index (χ3n) is 4.38. The minimum absolute atomic E-state index is 0.0115. The number of amides is 1. The van der Waals surface area contributed by atoms with Crippen molar-refractivity contribution in [2.75, 3.05) is 5.32 Å². The molecule has 0 radical (unpaired) electrons. The monoisotopic (exact) mass is 438 g/mol. The number of aliphatic hydroxyl groups excluding tert-OH is 1. The van der Waals surface area contributed by atoms with Crippen molar-refractivity contribution in [2.45, 2.75) is 45.3 Å². The van der Waals surface area contributed by atoms with E-state index in [0.717, 1.165) is 12.1 Å². The number of carbonyl (C=O) groups excluding carboxylic acids is 1. The van der Waals surface area contributed by atoms with Gasteiger partial charge in [0, 0.05) is 0 Å². The normalized spacial score (nSPS) is 13.3. The van der Waals surface area contributed by atoms with Crippen LogP contribution in [-0.4, -0.2) is 43.1 Å². The molecule has 0 aliphatic rings. The van der Waals surface area contributed by atoms with Gasteiger partial charge in [0.05, 0.1) is 11.4 Å². The topological polar surface area (TPSA) is 110 Å². The van der Waals surface area contributed by atoms with Gasteiger partial charge in [0.25, 0.3) is 5.91 Å². The van der Waals surface area contributed by atoms with Crippen molar-refractivity contribution in [3.8, 4) is 11.4 Å². The summed E-state index contributed by atoms with van der Waals surface area (Å²) in [5.41, 5.74) is 0.00820. The summed E-state index contributed by atoms with van der Waals surface area (Å²) in [7, 11) is 0. The van der Waals surface area contributed by atoms with E-state index >= 15 is 0 Å². The standard InChI is InChI=1S/C20H21F3N4O4/c1-4-14(28)17(29)26-18-24-13-9-10-15(19(2,3)30)25-16(13)27(18)11-5-7-12(8-6-11)31-20(21,22)23/h5-10,14,28,30H,4H2,1-3H3,(H,24,26,29). The van der Waals surface area contributed by atoms with Gasteiger partial charge >= 0.3 is 6.36 Å². The van der Waals surface area contributed by atoms with Gasteiger partial charge < -0.3 is 14.9 Å². The number of anilines is 1. The number of nitrogens with zero attached hydrogens (tertiary/aromatic N) is 3. The van der Waals surface area contributed by atoms with Gasteiger partial charge in [-0.05, 0) is 56.7 Å². The first-order valence-electron chi connectivity index (χ1n) is 9.36. The Hall–Kier alpha value is -3.18. The largest absolute Gasteiger partial charge is 0.573 e. The molecule has 3 aromatic rings. The van der Waals surface area contributed by atoms with Gasteiger partial charge in [0.15, 0.2) is 5.65 Å². The zero-order valence-corrected chi connectivity index (χ0v) is 16.9. The second-order valence-electron chi connectivity index (χ2n) is 7.32. The van der Waals surface area contributed by atoms with E-state index < -0.39 is 29.7 Å². The van der Waals surface area contributed by atoms with Crippen molar-refractivity contribution in [3.05, 3.63) is 42.1 Å². The maximum Gasteiger partial charge on any atom is 0.573 e. The fraction of sp³-hybridized carbons (Fsp3) is 0.350. The average Bonchev–Trinajstić information content (AvgIpc) is 3.03. The van der Waals surface area contributed by atoms with Crippen LogP contribution in [0.2, 0.25) is 0 Å². The lowest BCUT2D eigenvalue weighted by molar-refractivity contribution is -0.274. The zero-order valence-electron chi connectivity index (χ0n) is 16.9. The number of aliphatic hydroxyl groups is 2. The summed E-state index contributed by atoms with van der Waals surface area (Å²) in [5, 5.41) is 22.6. The zero-order chi connectivity index (χ0) is 23.0. The van der Waals surface area contributed by atoms with Crippen molar-refractivity contribution in [1.82, 2.24) is 14.5 Å². The summed E-state index contributed by atoms with van der Waals surface area (Å²) >= 11 is 0. The molecule has 166 valence electrons. The van der Waals surface area contributed by atoms with Gasteiger partial charge in [0.1, 0.15) is 23.0 Å². The van der Waals surface area contributed by atoms with Gasteiger partial charge in [-0.1, -0.05) is 6.92 Å². The first kappa shape index (κ1) is 22.5. The van der Waals surface area contributed by atoms with Crippen molar-refractivity contribution >= 4 is 23.0 Å². The lowest BCUT2D eigenvalue weighted by Gasteiger charge is -2.17. The maximum atomic E-state index is 12.5. The molecule has 0 aliphatic carbocycles. The van der Waals surface area contributed by atoms with Crippen LogP contribution in [-0.2, 0) is 10.4 Å². The first-order chi connectivity index (χ1) is 14.4. The van der Waals surface area contributed by atoms with E-state index in [-0.39, 0.29) is 18.0 Å². The third kappa shape index (κ3) is 5.12. The quantitative estimate of drug-likeness (QED) is 0.545. The highest BCUT2D eigenvalue weighted by molar-refractivity contribution is 5.94. The molecule has 1 atom stereocenters. The fourth-order valence-corrected chi connectivity index (χ4v) is 2.80. The minimum atomic E-state index is -4.83. The number of rotatable bonds is 6. The Balaban J connectivity index is 2.13. The van der Waals surface area contributed by atoms with Gasteiger partial charge in [-0.2, -0.15) is 0 Å². The van der Waals surface area contributed by atoms with E-state index in [1.165, 1.54) is 16.7 Å². The predicted octanol–water partition coefficient (Wildman–Crippen LogP) is 3.26. The van der Waals surface area contributed by atoms with Crippen molar-refractivity contribution in [1.29, 1.82) is 0 Å². The number of pyridine rings is 1. The molecule has 0 saturated heterocycles. The molecule has 3 N–H and O–H groups in total. The highest BCUT2D eigenvalue weighted by Crippen LogP contribution is 2.29. The summed E-state index contributed by atoms with van der Waals surface area (Å²) in [5.74, 6) is -1.10. The lowest BCUT2D eigenvalue weighted by Crippen LogP contribution is -2.28. The third-order valence-corrected chi connectivity index (χ3v) is 4.38. The molecule has 31 heavy (non-hydrogen) atoms. The van der Waals surface area contributed by atoms with E-state index in [1.54, 1.807) is 32.9 Å². The molecule has 0 saturated carbocycles. The number of fused-ring (bicyclic) bond motifs is 1. The van der Waals surface area contributed by atoms with Crippen molar-refractivity contribution in [2.24, 2.45) is 0 Å². The van der Waals surface area contributed by atoms with Crippen molar-refractivity contribution in [3.63, 3.8) is 0 Å². The van der Waals surface area contributed by atoms with Crippen LogP contribution < -0.4 is 10.1 Å². The number of imidazole rings is 1. The van der Waals surface area contributed by atoms with Crippen LogP contribution in [0.5, 0.6) is 5.75 Å². The molecule has 1 aromatic carbocycles. The summed E-state index contributed by atoms with van der Waals surface area (Å²) in [4.78, 5) is 21.0. The number of halogens is 3. The summed E-state index contributed by atoms with van der Waals surface area (Å²) in [6, 6.07) is 8.08. The van der Waals surface area contributed by atoms with E-state index in [0.29, 0.717) is 16.9 Å². The van der Waals surface area contributed by atoms with Gasteiger partial charge in [-0.3, -0.25) is 14.7 Å². The van der Waals surface area contributed by atoms with E-state index in [9.17, 15) is 28.2 Å². The minimum Gasteiger partial charge on any atom is -0.406 e. The summed E-state index contributed by atoms with van der Waals surface area (Å²) in [6.45, 7) is 4.72. The molecule has 3 rings (SSSR count). The van der Waals surface area contributed by atoms with Crippen molar-refractivity contribution < 1.29 is 32.9 Å². The second-order valence-corrected chi connectivity index (χ2v) is 7.32. The SMILES string of the molecule is CCC(O)C(=O)Nc1nc2ccc(C(C)(C)O)nc2n1-c1ccc(OC(F)(F)F)cc1. The molecular weight excluding hydrogens is 417 g/mol. The first-order valence-corrected chi connectivity index (χ1v) is 9.36. The number of aromatic nitrogens is 3. The van der Waals surface area contributed by atoms with Crippen LogP contribution in [0.4, 0.5) is 19.1 Å². The summed E-state index contributed by atoms with van der Waals surface area (Å²) < 4.78 is 42.7. The molecule has 0 spiro atoms. The number of ether oxygens (including phenoxy) is 1. The summed E-state index contributed by atoms with van der Waals surface area (Å²) in [6.07, 6.45) is -5.92. The molecule has 2 aromatic heterocycles. The van der Waals surface area contributed by atoms with E-state index in [2.05, 4.69) is 20.0 Å². The second kappa shape index (κ2) is 8.16. The Morgan fingerprint density at radius 1 is 1.16 bits per heavy atom. The van der Waals surface area contributed by atoms with Crippen LogP contribution in [0, 0.1) is 0 Å². The Kier molecular flexibility index (Phi) is 5.92. The Morgan fingerprint density at radius 2 is 1.81 bits per heavy atom. The molecule has 0 bridgehead atoms. The van der Waals surface area contributed by atoms with E-state index in [1.807, 2.05) is 0 Å². The van der Waals surface area contributed by atoms with Gasteiger partial charge in [-0.15, -0.1) is 13.2 Å². The molecule has 0 aliphatic heterocycles. The number of nitrogens with one attached hydrogen (secondary N) is 1. The highest BCUT2D eigenvalue weighted by Gasteiger charge is 2.31. The fourth-order valence-electron chi connectivity index (χ4n) is 2.80. The van der Waals surface area contributed by atoms with Crippen LogP contribution in [0.15, 0.2) is 36.4 Å². The molecule has 11 heteroatoms. The Morgan fingerprint density at radius 3 is 2.35 bits per heavy atom. The smallest absolute Gasteiger partial charge is 0.406 e. The average molecular weight is 438 g/mol. The Labute approximate surface area is 175 Å². The van der Waals surface area contributed by atoms with Crippen LogP contribution in [0.1, 0.15) is 32.9 Å². The van der Waals surface area contributed by atoms with Gasteiger partial charge in [0.2, 0.25) is 5.95 Å². The molecule has 2 heterocycles. The molecular formula is C20H21F3N4O4. The number of benzene rings is 1. The van der Waals surface area contributed by atoms with Crippen LogP contribution in [0.25, 0.3) is 16.9 Å². The molecule has 0 fully saturated rings. The number of hydrogen-bond donors (Lipinski definition) is 3. The highest BCUT2D eigenvalue weighted by atomic mass is 19.4.